The molecule has 0 bridgehead atoms. The van der Waals surface area contributed by atoms with E-state index in [9.17, 15) is 0 Å². The van der Waals surface area contributed by atoms with Gasteiger partial charge in [-0.2, -0.15) is 0 Å². The van der Waals surface area contributed by atoms with E-state index in [1.165, 1.54) is 0 Å². The third-order valence-corrected chi connectivity index (χ3v) is 4.60. The first kappa shape index (κ1) is 11.6. The molecule has 0 aliphatic rings. The minimum Gasteiger partial charge on any atom is -0.371 e. The SMILES string of the molecule is CNc1nnc(-c2sccc2Br)c2ccccc12. The summed E-state index contributed by atoms with van der Waals surface area (Å²) in [6.45, 7) is 0. The Morgan fingerprint density at radius 1 is 1.11 bits per heavy atom. The van der Waals surface area contributed by atoms with E-state index in [0.717, 1.165) is 31.6 Å². The molecule has 0 fully saturated rings. The first-order valence-corrected chi connectivity index (χ1v) is 7.15. The number of hydrogen-bond acceptors (Lipinski definition) is 4. The molecule has 1 N–H and O–H groups in total. The summed E-state index contributed by atoms with van der Waals surface area (Å²) in [5.74, 6) is 0.807. The zero-order chi connectivity index (χ0) is 12.5. The van der Waals surface area contributed by atoms with E-state index >= 15 is 0 Å². The molecule has 90 valence electrons. The molecule has 0 amide bonds. The van der Waals surface area contributed by atoms with Crippen molar-refractivity contribution in [3.05, 3.63) is 40.2 Å². The molecule has 2 heterocycles. The van der Waals surface area contributed by atoms with Crippen LogP contribution in [0.4, 0.5) is 5.82 Å². The van der Waals surface area contributed by atoms with Crippen molar-refractivity contribution < 1.29 is 0 Å². The van der Waals surface area contributed by atoms with Gasteiger partial charge in [0.2, 0.25) is 0 Å². The van der Waals surface area contributed by atoms with Gasteiger partial charge in [-0.25, -0.2) is 0 Å². The zero-order valence-electron chi connectivity index (χ0n) is 9.64. The van der Waals surface area contributed by atoms with Gasteiger partial charge in [0.25, 0.3) is 0 Å². The lowest BCUT2D eigenvalue weighted by atomic mass is 10.1. The standard InChI is InChI=1S/C13H10BrN3S/c1-15-13-9-5-3-2-4-8(9)11(16-17-13)12-10(14)6-7-18-12/h2-7H,1H3,(H,15,17). The Morgan fingerprint density at radius 3 is 2.56 bits per heavy atom. The molecule has 0 unspecified atom stereocenters. The number of nitrogens with zero attached hydrogens (tertiary/aromatic N) is 2. The van der Waals surface area contributed by atoms with Gasteiger partial charge in [-0.05, 0) is 27.4 Å². The number of benzene rings is 1. The van der Waals surface area contributed by atoms with Gasteiger partial charge in [0.05, 0.1) is 4.88 Å². The van der Waals surface area contributed by atoms with E-state index in [-0.39, 0.29) is 0 Å². The molecular weight excluding hydrogens is 310 g/mol. The van der Waals surface area contributed by atoms with Crippen LogP contribution in [0.3, 0.4) is 0 Å². The second-order valence-electron chi connectivity index (χ2n) is 3.79. The molecule has 3 aromatic rings. The van der Waals surface area contributed by atoms with Crippen molar-refractivity contribution in [2.75, 3.05) is 12.4 Å². The van der Waals surface area contributed by atoms with Gasteiger partial charge in [-0.15, -0.1) is 21.5 Å². The van der Waals surface area contributed by atoms with Crippen LogP contribution in [-0.4, -0.2) is 17.2 Å². The van der Waals surface area contributed by atoms with Gasteiger partial charge in [0.15, 0.2) is 5.82 Å². The summed E-state index contributed by atoms with van der Waals surface area (Å²) < 4.78 is 1.06. The van der Waals surface area contributed by atoms with E-state index in [0.29, 0.717) is 0 Å². The predicted octanol–water partition coefficient (Wildman–Crippen LogP) is 4.16. The molecule has 5 heteroatoms. The van der Waals surface area contributed by atoms with Crippen molar-refractivity contribution in [3.63, 3.8) is 0 Å². The fraction of sp³-hybridized carbons (Fsp3) is 0.0769. The van der Waals surface area contributed by atoms with E-state index in [4.69, 9.17) is 0 Å². The largest absolute Gasteiger partial charge is 0.371 e. The van der Waals surface area contributed by atoms with Crippen LogP contribution in [0, 0.1) is 0 Å². The van der Waals surface area contributed by atoms with Crippen LogP contribution in [0.25, 0.3) is 21.3 Å². The quantitative estimate of drug-likeness (QED) is 0.770. The summed E-state index contributed by atoms with van der Waals surface area (Å²) in [6, 6.07) is 10.2. The van der Waals surface area contributed by atoms with Crippen LogP contribution in [0.15, 0.2) is 40.2 Å². The molecule has 3 rings (SSSR count). The Labute approximate surface area is 117 Å². The molecule has 0 saturated carbocycles. The molecule has 2 aromatic heterocycles. The van der Waals surface area contributed by atoms with Crippen molar-refractivity contribution in [2.24, 2.45) is 0 Å². The maximum atomic E-state index is 4.35. The van der Waals surface area contributed by atoms with Crippen molar-refractivity contribution >= 4 is 43.9 Å². The van der Waals surface area contributed by atoms with Gasteiger partial charge in [0.1, 0.15) is 5.69 Å². The Kier molecular flexibility index (Phi) is 3.01. The van der Waals surface area contributed by atoms with Crippen LogP contribution in [0.1, 0.15) is 0 Å². The molecule has 18 heavy (non-hydrogen) atoms. The minimum atomic E-state index is 0.807. The molecular formula is C13H10BrN3S. The molecule has 0 radical (unpaired) electrons. The first-order valence-electron chi connectivity index (χ1n) is 5.48. The molecule has 0 atom stereocenters. The van der Waals surface area contributed by atoms with Gasteiger partial charge in [0, 0.05) is 22.3 Å². The lowest BCUT2D eigenvalue weighted by molar-refractivity contribution is 1.06. The second-order valence-corrected chi connectivity index (χ2v) is 5.56. The molecule has 0 aliphatic carbocycles. The topological polar surface area (TPSA) is 37.8 Å². The predicted molar refractivity (Wildman–Crippen MR) is 80.1 cm³/mol. The van der Waals surface area contributed by atoms with Crippen molar-refractivity contribution in [3.8, 4) is 10.6 Å². The Hall–Kier alpha value is -1.46. The zero-order valence-corrected chi connectivity index (χ0v) is 12.0. The second kappa shape index (κ2) is 4.66. The van der Waals surface area contributed by atoms with Crippen LogP contribution in [-0.2, 0) is 0 Å². The molecule has 3 nitrogen and oxygen atoms in total. The Bertz CT molecular complexity index is 708. The fourth-order valence-corrected chi connectivity index (χ4v) is 3.48. The van der Waals surface area contributed by atoms with Gasteiger partial charge in [-0.1, -0.05) is 24.3 Å². The summed E-state index contributed by atoms with van der Waals surface area (Å²) in [6.07, 6.45) is 0. The van der Waals surface area contributed by atoms with Crippen molar-refractivity contribution in [1.29, 1.82) is 0 Å². The Balaban J connectivity index is 2.35. The van der Waals surface area contributed by atoms with Crippen LogP contribution in [0.5, 0.6) is 0 Å². The molecule has 0 aliphatic heterocycles. The maximum absolute atomic E-state index is 4.35. The van der Waals surface area contributed by atoms with E-state index in [1.54, 1.807) is 11.3 Å². The number of hydrogen-bond donors (Lipinski definition) is 1. The third kappa shape index (κ3) is 1.79. The smallest absolute Gasteiger partial charge is 0.156 e. The van der Waals surface area contributed by atoms with Crippen molar-refractivity contribution in [1.82, 2.24) is 10.2 Å². The van der Waals surface area contributed by atoms with Crippen LogP contribution < -0.4 is 5.32 Å². The highest BCUT2D eigenvalue weighted by Gasteiger charge is 2.13. The normalized spacial score (nSPS) is 10.8. The molecule has 1 aromatic carbocycles. The summed E-state index contributed by atoms with van der Waals surface area (Å²) in [4.78, 5) is 1.11. The molecule has 0 spiro atoms. The molecule has 0 saturated heterocycles. The maximum Gasteiger partial charge on any atom is 0.156 e. The summed E-state index contributed by atoms with van der Waals surface area (Å²) in [5.41, 5.74) is 0.923. The van der Waals surface area contributed by atoms with Gasteiger partial charge in [-0.3, -0.25) is 0 Å². The van der Waals surface area contributed by atoms with Crippen LogP contribution >= 0.6 is 27.3 Å². The van der Waals surface area contributed by atoms with Gasteiger partial charge < -0.3 is 5.32 Å². The fourth-order valence-electron chi connectivity index (χ4n) is 1.92. The Morgan fingerprint density at radius 2 is 1.89 bits per heavy atom. The first-order chi connectivity index (χ1) is 8.81. The van der Waals surface area contributed by atoms with Crippen LogP contribution in [0.2, 0.25) is 0 Å². The lowest BCUT2D eigenvalue weighted by Gasteiger charge is -2.07. The highest BCUT2D eigenvalue weighted by Crippen LogP contribution is 2.37. The summed E-state index contributed by atoms with van der Waals surface area (Å²) in [7, 11) is 1.86. The average molecular weight is 320 g/mol. The number of rotatable bonds is 2. The van der Waals surface area contributed by atoms with Gasteiger partial charge >= 0.3 is 0 Å². The average Bonchev–Trinajstić information content (AvgIpc) is 2.83. The number of halogens is 1. The minimum absolute atomic E-state index is 0.807. The number of anilines is 1. The number of fused-ring (bicyclic) bond motifs is 1. The van der Waals surface area contributed by atoms with Crippen molar-refractivity contribution in [2.45, 2.75) is 0 Å². The highest BCUT2D eigenvalue weighted by atomic mass is 79.9. The number of thiophene rings is 1. The van der Waals surface area contributed by atoms with E-state index in [1.807, 2.05) is 30.6 Å². The summed E-state index contributed by atoms with van der Waals surface area (Å²) in [5, 5.41) is 15.9. The van der Waals surface area contributed by atoms with E-state index < -0.39 is 0 Å². The number of nitrogens with one attached hydrogen (secondary N) is 1. The lowest BCUT2D eigenvalue weighted by Crippen LogP contribution is -1.97. The summed E-state index contributed by atoms with van der Waals surface area (Å²) >= 11 is 5.21. The monoisotopic (exact) mass is 319 g/mol. The van der Waals surface area contributed by atoms with E-state index in [2.05, 4.69) is 43.6 Å². The number of aromatic nitrogens is 2. The third-order valence-electron chi connectivity index (χ3n) is 2.76. The highest BCUT2D eigenvalue weighted by molar-refractivity contribution is 9.10.